The average molecular weight is 527 g/mol. The minimum atomic E-state index is -3.32. The fourth-order valence-corrected chi connectivity index (χ4v) is 6.41. The highest BCUT2D eigenvalue weighted by atomic mass is 32.3. The second-order valence-electron chi connectivity index (χ2n) is 9.54. The van der Waals surface area contributed by atoms with Crippen molar-refractivity contribution in [2.45, 2.75) is 63.6 Å². The maximum Gasteiger partial charge on any atom is 0.304 e. The summed E-state index contributed by atoms with van der Waals surface area (Å²) in [6.45, 7) is 6.96. The second-order valence-corrected chi connectivity index (χ2v) is 11.5. The number of aryl methyl sites for hydroxylation is 2. The van der Waals surface area contributed by atoms with Crippen LogP contribution in [0.5, 0.6) is 5.75 Å². The first-order valence-electron chi connectivity index (χ1n) is 12.4. The van der Waals surface area contributed by atoms with E-state index in [9.17, 15) is 23.8 Å². The van der Waals surface area contributed by atoms with Crippen LogP contribution in [0.15, 0.2) is 70.5 Å². The molecule has 3 aromatic rings. The first kappa shape index (κ1) is 26.9. The van der Waals surface area contributed by atoms with Gasteiger partial charge in [0.1, 0.15) is 16.7 Å². The van der Waals surface area contributed by atoms with Gasteiger partial charge in [-0.05, 0) is 60.7 Å². The minimum Gasteiger partial charge on any atom is -0.487 e. The molecule has 2 aromatic carbocycles. The first-order valence-corrected chi connectivity index (χ1v) is 13.9. The van der Waals surface area contributed by atoms with Crippen LogP contribution in [0.2, 0.25) is 0 Å². The van der Waals surface area contributed by atoms with E-state index < -0.39 is 22.7 Å². The Morgan fingerprint density at radius 2 is 1.86 bits per heavy atom. The molecule has 0 bridgehead atoms. The largest absolute Gasteiger partial charge is 0.487 e. The summed E-state index contributed by atoms with van der Waals surface area (Å²) in [5.41, 5.74) is 3.03. The van der Waals surface area contributed by atoms with Crippen LogP contribution >= 0.6 is 10.8 Å². The van der Waals surface area contributed by atoms with Crippen LogP contribution in [0.25, 0.3) is 0 Å². The molecule has 0 saturated heterocycles. The molecule has 2 heterocycles. The number of aromatic nitrogens is 1. The topological polar surface area (TPSA) is 112 Å². The molecule has 1 unspecified atom stereocenters. The van der Waals surface area contributed by atoms with Crippen LogP contribution in [0.1, 0.15) is 54.9 Å². The van der Waals surface area contributed by atoms with Gasteiger partial charge < -0.3 is 14.4 Å². The minimum absolute atomic E-state index is 0.159. The van der Waals surface area contributed by atoms with E-state index in [1.807, 2.05) is 45.0 Å². The summed E-state index contributed by atoms with van der Waals surface area (Å²) in [6.07, 6.45) is 2.10. The van der Waals surface area contributed by atoms with Crippen LogP contribution < -0.4 is 10.3 Å². The van der Waals surface area contributed by atoms with Crippen molar-refractivity contribution in [1.82, 2.24) is 8.87 Å². The van der Waals surface area contributed by atoms with Crippen LogP contribution in [0.4, 0.5) is 0 Å². The van der Waals surface area contributed by atoms with Gasteiger partial charge in [-0.15, -0.1) is 10.8 Å². The summed E-state index contributed by atoms with van der Waals surface area (Å²) in [7, 11) is -3.32. The van der Waals surface area contributed by atoms with Gasteiger partial charge in [-0.3, -0.25) is 18.7 Å². The Morgan fingerprint density at radius 1 is 1.14 bits per heavy atom. The first-order chi connectivity index (χ1) is 17.6. The van der Waals surface area contributed by atoms with E-state index >= 15 is 0 Å². The quantitative estimate of drug-likeness (QED) is 0.356. The smallest absolute Gasteiger partial charge is 0.304 e. The number of ether oxygens (including phenoxy) is 1. The van der Waals surface area contributed by atoms with Crippen molar-refractivity contribution in [3.05, 3.63) is 93.4 Å². The lowest BCUT2D eigenvalue weighted by atomic mass is 9.87. The van der Waals surface area contributed by atoms with Gasteiger partial charge >= 0.3 is 5.97 Å². The van der Waals surface area contributed by atoms with Crippen molar-refractivity contribution in [3.8, 4) is 5.75 Å². The number of nitrogens with zero attached hydrogens (tertiary/aromatic N) is 2. The molecular formula is C28H34N2O6S. The van der Waals surface area contributed by atoms with E-state index in [0.717, 1.165) is 23.1 Å². The Balaban J connectivity index is 1.71. The highest BCUT2D eigenvalue weighted by molar-refractivity contribution is 8.22. The average Bonchev–Trinajstić information content (AvgIpc) is 2.93. The predicted molar refractivity (Wildman–Crippen MR) is 144 cm³/mol. The molecule has 2 atom stereocenters. The molecule has 0 radical (unpaired) electrons. The molecule has 1 aliphatic heterocycles. The maximum absolute atomic E-state index is 12.6. The van der Waals surface area contributed by atoms with E-state index in [0.29, 0.717) is 29.3 Å². The summed E-state index contributed by atoms with van der Waals surface area (Å²) in [5, 5.41) is 9.65. The van der Waals surface area contributed by atoms with Gasteiger partial charge in [-0.2, -0.15) is 4.31 Å². The van der Waals surface area contributed by atoms with E-state index in [1.165, 1.54) is 6.07 Å². The third kappa shape index (κ3) is 5.91. The Bertz CT molecular complexity index is 1340. The van der Waals surface area contributed by atoms with Gasteiger partial charge in [0, 0.05) is 31.3 Å². The molecule has 4 rings (SSSR count). The van der Waals surface area contributed by atoms with Crippen LogP contribution in [-0.4, -0.2) is 41.7 Å². The van der Waals surface area contributed by atoms with Gasteiger partial charge in [-0.25, -0.2) is 0 Å². The normalized spacial score (nSPS) is 18.8. The number of hydrogen-bond acceptors (Lipinski definition) is 6. The number of rotatable bonds is 8. The third-order valence-corrected chi connectivity index (χ3v) is 8.61. The molecule has 198 valence electrons. The molecular weight excluding hydrogens is 492 g/mol. The third-order valence-electron chi connectivity index (χ3n) is 6.68. The van der Waals surface area contributed by atoms with Gasteiger partial charge in [0.05, 0.1) is 13.0 Å². The fraction of sp³-hybridized carbons (Fsp3) is 0.357. The Kier molecular flexibility index (Phi) is 8.08. The number of fused-ring (bicyclic) bond motifs is 1. The lowest BCUT2D eigenvalue weighted by molar-refractivity contribution is -0.137. The number of hydrogen-bond donors (Lipinski definition) is 3. The van der Waals surface area contributed by atoms with E-state index in [2.05, 4.69) is 0 Å². The maximum atomic E-state index is 12.6. The molecule has 0 amide bonds. The van der Waals surface area contributed by atoms with Gasteiger partial charge in [0.2, 0.25) is 0 Å². The number of carbonyl (C=O) groups is 1. The summed E-state index contributed by atoms with van der Waals surface area (Å²) in [5.74, 6) is -1.02. The number of para-hydroxylation sites is 1. The SMILES string of the molecule is CCCn1ccc(C(CC(=O)O)c2ccc(C)c(CN3C[C@@H](C)Oc4ccccc4S3(O)O)c2)cc1=O. The number of pyridine rings is 1. The lowest BCUT2D eigenvalue weighted by Crippen LogP contribution is -2.33. The molecule has 0 fully saturated rings. The van der Waals surface area contributed by atoms with Crippen molar-refractivity contribution < 1.29 is 23.7 Å². The summed E-state index contributed by atoms with van der Waals surface area (Å²) in [4.78, 5) is 24.8. The molecule has 1 aromatic heterocycles. The van der Waals surface area contributed by atoms with Gasteiger partial charge in [-0.1, -0.05) is 37.3 Å². The summed E-state index contributed by atoms with van der Waals surface area (Å²) in [6, 6.07) is 16.0. The number of carboxylic acids is 1. The van der Waals surface area contributed by atoms with Crippen molar-refractivity contribution in [1.29, 1.82) is 0 Å². The standard InChI is InChI=1S/C28H34N2O6S/c1-4-12-29-13-11-22(15-27(29)31)24(16-28(32)33)21-10-9-19(2)23(14-21)18-30-17-20(3)36-25-7-5-6-8-26(25)37(30,34)35/h5-11,13-15,20,24,34-35H,4,12,16-18H2,1-3H3,(H,32,33)/t20-,24?/m1/s1. The Hall–Kier alpha value is -3.11. The number of aliphatic carboxylic acids is 1. The summed E-state index contributed by atoms with van der Waals surface area (Å²) >= 11 is 0. The molecule has 0 spiro atoms. The second kappa shape index (κ2) is 11.1. The lowest BCUT2D eigenvalue weighted by Gasteiger charge is -2.42. The van der Waals surface area contributed by atoms with Crippen molar-refractivity contribution in [2.24, 2.45) is 0 Å². The van der Waals surface area contributed by atoms with Crippen LogP contribution in [-0.2, 0) is 17.9 Å². The molecule has 0 saturated carbocycles. The monoisotopic (exact) mass is 526 g/mol. The fourth-order valence-electron chi connectivity index (χ4n) is 4.75. The van der Waals surface area contributed by atoms with Crippen molar-refractivity contribution in [3.63, 3.8) is 0 Å². The molecule has 1 aliphatic rings. The molecule has 0 aliphatic carbocycles. The number of benzene rings is 2. The molecule has 37 heavy (non-hydrogen) atoms. The van der Waals surface area contributed by atoms with E-state index in [1.54, 1.807) is 39.3 Å². The zero-order valence-corrected chi connectivity index (χ0v) is 22.1. The van der Waals surface area contributed by atoms with Gasteiger partial charge in [0.15, 0.2) is 0 Å². The van der Waals surface area contributed by atoms with Crippen LogP contribution in [0, 0.1) is 6.92 Å². The van der Waals surface area contributed by atoms with Crippen LogP contribution in [0.3, 0.4) is 0 Å². The highest BCUT2D eigenvalue weighted by Crippen LogP contribution is 2.57. The molecule has 3 N–H and O–H groups in total. The predicted octanol–water partition coefficient (Wildman–Crippen LogP) is 5.48. The zero-order chi connectivity index (χ0) is 26.7. The Labute approximate surface area is 218 Å². The van der Waals surface area contributed by atoms with Crippen molar-refractivity contribution in [2.75, 3.05) is 6.54 Å². The molecule has 9 heteroatoms. The molecule has 8 nitrogen and oxygen atoms in total. The van der Waals surface area contributed by atoms with Gasteiger partial charge in [0.25, 0.3) is 5.56 Å². The summed E-state index contributed by atoms with van der Waals surface area (Å²) < 4.78 is 31.8. The highest BCUT2D eigenvalue weighted by Gasteiger charge is 2.34. The zero-order valence-electron chi connectivity index (χ0n) is 21.3. The van der Waals surface area contributed by atoms with E-state index in [4.69, 9.17) is 4.74 Å². The van der Waals surface area contributed by atoms with Crippen molar-refractivity contribution >= 4 is 16.7 Å². The Morgan fingerprint density at radius 3 is 2.57 bits per heavy atom. The van der Waals surface area contributed by atoms with E-state index in [-0.39, 0.29) is 24.6 Å². The number of carboxylic acid groups (broad SMARTS) is 1.